The predicted octanol–water partition coefficient (Wildman–Crippen LogP) is 2.54. The van der Waals surface area contributed by atoms with Crippen LogP contribution in [-0.4, -0.2) is 52.6 Å². The molecule has 33 heavy (non-hydrogen) atoms. The van der Waals surface area contributed by atoms with E-state index in [1.807, 2.05) is 0 Å². The van der Waals surface area contributed by atoms with Crippen LogP contribution in [0, 0.1) is 0 Å². The topological polar surface area (TPSA) is 123 Å². The van der Waals surface area contributed by atoms with Crippen molar-refractivity contribution >= 4 is 27.5 Å². The second-order valence-corrected chi connectivity index (χ2v) is 9.67. The normalized spacial score (nSPS) is 15.8. The quantitative estimate of drug-likeness (QED) is 0.512. The van der Waals surface area contributed by atoms with Crippen LogP contribution in [0.15, 0.2) is 47.4 Å². The van der Waals surface area contributed by atoms with Gasteiger partial charge < -0.3 is 20.1 Å². The molecule has 0 radical (unpaired) electrons. The van der Waals surface area contributed by atoms with E-state index in [2.05, 4.69) is 15.4 Å². The first kappa shape index (κ1) is 24.5. The van der Waals surface area contributed by atoms with E-state index < -0.39 is 21.8 Å². The van der Waals surface area contributed by atoms with Gasteiger partial charge in [-0.3, -0.25) is 14.3 Å². The van der Waals surface area contributed by atoms with Crippen LogP contribution < -0.4 is 20.1 Å². The van der Waals surface area contributed by atoms with Gasteiger partial charge in [0, 0.05) is 19.2 Å². The fourth-order valence-corrected chi connectivity index (χ4v) is 4.56. The van der Waals surface area contributed by atoms with E-state index in [0.717, 1.165) is 12.8 Å². The summed E-state index contributed by atoms with van der Waals surface area (Å²) >= 11 is 0. The third-order valence-corrected chi connectivity index (χ3v) is 6.44. The molecular weight excluding hydrogens is 446 g/mol. The largest absolute Gasteiger partial charge is 0.496 e. The maximum atomic E-state index is 13.1. The second-order valence-electron chi connectivity index (χ2n) is 7.99. The predicted molar refractivity (Wildman–Crippen MR) is 124 cm³/mol. The van der Waals surface area contributed by atoms with Gasteiger partial charge in [-0.25, -0.2) is 8.42 Å². The number of anilines is 1. The maximum Gasteiger partial charge on any atom is 0.261 e. The number of hydrogen-bond acceptors (Lipinski definition) is 6. The van der Waals surface area contributed by atoms with Gasteiger partial charge in [0.1, 0.15) is 5.75 Å². The lowest BCUT2D eigenvalue weighted by Crippen LogP contribution is -2.32. The van der Waals surface area contributed by atoms with Gasteiger partial charge in [0.15, 0.2) is 0 Å². The van der Waals surface area contributed by atoms with Crippen molar-refractivity contribution in [1.29, 1.82) is 0 Å². The molecule has 1 aliphatic heterocycles. The van der Waals surface area contributed by atoms with E-state index in [1.54, 1.807) is 26.0 Å². The fraction of sp³-hybridized carbons (Fsp3) is 0.391. The van der Waals surface area contributed by atoms with Crippen molar-refractivity contribution in [1.82, 2.24) is 10.6 Å². The van der Waals surface area contributed by atoms with Gasteiger partial charge in [0.05, 0.1) is 34.9 Å². The van der Waals surface area contributed by atoms with E-state index in [4.69, 9.17) is 9.47 Å². The van der Waals surface area contributed by atoms with E-state index in [1.165, 1.54) is 37.4 Å². The standard InChI is InChI=1S/C23H29N3O6S/c1-15(2)25-23(28)19-13-17(10-11-21(19)31-3)33(29,30)26-20-9-5-4-8-18(20)22(27)24-14-16-7-6-12-32-16/h4-5,8-11,13,15-16,26H,6-7,12,14H2,1-3H3,(H,24,27)(H,25,28)/t16-/m1/s1. The molecule has 1 heterocycles. The highest BCUT2D eigenvalue weighted by molar-refractivity contribution is 7.92. The zero-order valence-electron chi connectivity index (χ0n) is 18.9. The molecule has 3 rings (SSSR count). The highest BCUT2D eigenvalue weighted by Crippen LogP contribution is 2.25. The number of para-hydroxylation sites is 1. The first-order valence-corrected chi connectivity index (χ1v) is 12.2. The van der Waals surface area contributed by atoms with E-state index in [-0.39, 0.29) is 39.6 Å². The van der Waals surface area contributed by atoms with Crippen molar-refractivity contribution in [2.45, 2.75) is 43.7 Å². The Balaban J connectivity index is 1.83. The van der Waals surface area contributed by atoms with Crippen molar-refractivity contribution in [3.05, 3.63) is 53.6 Å². The molecule has 178 valence electrons. The number of sulfonamides is 1. The van der Waals surface area contributed by atoms with Gasteiger partial charge in [0.2, 0.25) is 0 Å². The number of nitrogens with one attached hydrogen (secondary N) is 3. The monoisotopic (exact) mass is 475 g/mol. The smallest absolute Gasteiger partial charge is 0.261 e. The van der Waals surface area contributed by atoms with Gasteiger partial charge in [0.25, 0.3) is 21.8 Å². The highest BCUT2D eigenvalue weighted by Gasteiger charge is 2.23. The summed E-state index contributed by atoms with van der Waals surface area (Å²) < 4.78 is 39.4. The molecule has 0 unspecified atom stereocenters. The maximum absolute atomic E-state index is 13.1. The van der Waals surface area contributed by atoms with Gasteiger partial charge in [-0.15, -0.1) is 0 Å². The summed E-state index contributed by atoms with van der Waals surface area (Å²) in [7, 11) is -2.70. The molecule has 9 nitrogen and oxygen atoms in total. The molecule has 2 amide bonds. The minimum absolute atomic E-state index is 0.0347. The van der Waals surface area contributed by atoms with Crippen LogP contribution in [0.4, 0.5) is 5.69 Å². The van der Waals surface area contributed by atoms with Crippen LogP contribution in [0.2, 0.25) is 0 Å². The first-order valence-electron chi connectivity index (χ1n) is 10.7. The molecule has 1 atom stereocenters. The summed E-state index contributed by atoms with van der Waals surface area (Å²) in [6, 6.07) is 10.2. The average Bonchev–Trinajstić information content (AvgIpc) is 3.30. The Bertz CT molecular complexity index is 1110. The van der Waals surface area contributed by atoms with Crippen LogP contribution in [0.3, 0.4) is 0 Å². The van der Waals surface area contributed by atoms with Crippen LogP contribution in [-0.2, 0) is 14.8 Å². The number of amides is 2. The van der Waals surface area contributed by atoms with Crippen LogP contribution in [0.5, 0.6) is 5.75 Å². The van der Waals surface area contributed by atoms with Crippen molar-refractivity contribution in [3.63, 3.8) is 0 Å². The lowest BCUT2D eigenvalue weighted by molar-refractivity contribution is 0.0858. The summed E-state index contributed by atoms with van der Waals surface area (Å²) in [5.41, 5.74) is 0.411. The Kier molecular flexibility index (Phi) is 7.93. The molecule has 1 saturated heterocycles. The Labute approximate surface area is 193 Å². The Morgan fingerprint density at radius 2 is 1.88 bits per heavy atom. The molecule has 2 aromatic rings. The van der Waals surface area contributed by atoms with Gasteiger partial charge in [-0.2, -0.15) is 0 Å². The molecule has 0 spiro atoms. The zero-order valence-corrected chi connectivity index (χ0v) is 19.7. The highest BCUT2D eigenvalue weighted by atomic mass is 32.2. The van der Waals surface area contributed by atoms with Crippen LogP contribution in [0.25, 0.3) is 0 Å². The molecule has 0 aromatic heterocycles. The van der Waals surface area contributed by atoms with E-state index in [0.29, 0.717) is 13.2 Å². The molecule has 0 aliphatic carbocycles. The van der Waals surface area contributed by atoms with Gasteiger partial charge in [-0.05, 0) is 57.0 Å². The summed E-state index contributed by atoms with van der Waals surface area (Å²) in [6.45, 7) is 4.63. The van der Waals surface area contributed by atoms with E-state index in [9.17, 15) is 18.0 Å². The number of carbonyl (C=O) groups excluding carboxylic acids is 2. The summed E-state index contributed by atoms with van der Waals surface area (Å²) in [5, 5.41) is 5.52. The first-order chi connectivity index (χ1) is 15.7. The van der Waals surface area contributed by atoms with Crippen molar-refractivity contribution in [3.8, 4) is 5.75 Å². The number of benzene rings is 2. The Morgan fingerprint density at radius 3 is 2.55 bits per heavy atom. The SMILES string of the molecule is COc1ccc(S(=O)(=O)Nc2ccccc2C(=O)NC[C@H]2CCCO2)cc1C(=O)NC(C)C. The van der Waals surface area contributed by atoms with Crippen molar-refractivity contribution in [2.24, 2.45) is 0 Å². The lowest BCUT2D eigenvalue weighted by atomic mass is 10.1. The third kappa shape index (κ3) is 6.23. The van der Waals surface area contributed by atoms with Gasteiger partial charge in [-0.1, -0.05) is 12.1 Å². The number of carbonyl (C=O) groups is 2. The molecule has 1 fully saturated rings. The number of hydrogen-bond donors (Lipinski definition) is 3. The molecule has 10 heteroatoms. The number of methoxy groups -OCH3 is 1. The lowest BCUT2D eigenvalue weighted by Gasteiger charge is -2.16. The second kappa shape index (κ2) is 10.7. The van der Waals surface area contributed by atoms with Crippen molar-refractivity contribution < 1.29 is 27.5 Å². The summed E-state index contributed by atoms with van der Waals surface area (Å²) in [6.07, 6.45) is 1.79. The zero-order chi connectivity index (χ0) is 24.0. The summed E-state index contributed by atoms with van der Waals surface area (Å²) in [4.78, 5) is 25.1. The number of rotatable bonds is 9. The van der Waals surface area contributed by atoms with Gasteiger partial charge >= 0.3 is 0 Å². The minimum atomic E-state index is -4.10. The molecular formula is C23H29N3O6S. The molecule has 1 aliphatic rings. The molecule has 0 saturated carbocycles. The van der Waals surface area contributed by atoms with E-state index >= 15 is 0 Å². The van der Waals surface area contributed by atoms with Crippen LogP contribution in [0.1, 0.15) is 47.4 Å². The average molecular weight is 476 g/mol. The molecule has 3 N–H and O–H groups in total. The van der Waals surface area contributed by atoms with Crippen molar-refractivity contribution in [2.75, 3.05) is 25.0 Å². The molecule has 0 bridgehead atoms. The third-order valence-electron chi connectivity index (χ3n) is 5.08. The van der Waals surface area contributed by atoms with Crippen LogP contribution >= 0.6 is 0 Å². The Hall–Kier alpha value is -3.11. The minimum Gasteiger partial charge on any atom is -0.496 e. The fourth-order valence-electron chi connectivity index (χ4n) is 3.45. The summed E-state index contributed by atoms with van der Waals surface area (Å²) in [5.74, 6) is -0.607. The molecule has 2 aromatic carbocycles. The number of ether oxygens (including phenoxy) is 2. The Morgan fingerprint density at radius 1 is 1.12 bits per heavy atom.